The topological polar surface area (TPSA) is 145 Å². The van der Waals surface area contributed by atoms with Crippen LogP contribution in [0, 0.1) is 11.3 Å². The number of nitrogens with zero attached hydrogens (tertiary/aromatic N) is 1. The van der Waals surface area contributed by atoms with Crippen LogP contribution in [0.5, 0.6) is 0 Å². The number of rotatable bonds is 12. The molecule has 1 aliphatic heterocycles. The maximum absolute atomic E-state index is 13.5. The molecule has 35 heavy (non-hydrogen) atoms. The monoisotopic (exact) mass is 485 g/mol. The standard InChI is InChI=1S/C26H39N5O4/c1-3-4-13-21-24(33)29-20(15-19-11-6-5-7-12-19)16-31(17-23(28)32)26(35)22(30-25(21)34)14-9-8-10-18(2)27/h5-7,11-12,20-22,27H,3-4,8-10,13-17H2,1-2H3,(H2,28,32)(H,29,33)(H,30,34). The van der Waals surface area contributed by atoms with Crippen molar-refractivity contribution in [2.75, 3.05) is 13.1 Å². The van der Waals surface area contributed by atoms with Crippen molar-refractivity contribution in [2.45, 2.75) is 77.3 Å². The Bertz CT molecular complexity index is 889. The van der Waals surface area contributed by atoms with Crippen molar-refractivity contribution in [2.24, 2.45) is 11.7 Å². The van der Waals surface area contributed by atoms with Gasteiger partial charge < -0.3 is 26.7 Å². The SMILES string of the molecule is CCCCC1C(=O)NC(Cc2ccccc2)CN(CC(N)=O)C(=O)C(CCCCC(C)=N)NC1=O. The minimum atomic E-state index is -0.893. The fraction of sp³-hybridized carbons (Fsp3) is 0.577. The second-order valence-corrected chi connectivity index (χ2v) is 9.36. The van der Waals surface area contributed by atoms with Crippen LogP contribution in [0.2, 0.25) is 0 Å². The third-order valence-electron chi connectivity index (χ3n) is 6.16. The van der Waals surface area contributed by atoms with Gasteiger partial charge in [0, 0.05) is 12.3 Å². The van der Waals surface area contributed by atoms with Crippen LogP contribution < -0.4 is 16.4 Å². The van der Waals surface area contributed by atoms with E-state index >= 15 is 0 Å². The largest absolute Gasteiger partial charge is 0.368 e. The summed E-state index contributed by atoms with van der Waals surface area (Å²) < 4.78 is 0. The van der Waals surface area contributed by atoms with Crippen molar-refractivity contribution < 1.29 is 19.2 Å². The minimum absolute atomic E-state index is 0.106. The number of hydrogen-bond donors (Lipinski definition) is 4. The van der Waals surface area contributed by atoms with Gasteiger partial charge in [-0.1, -0.05) is 56.5 Å². The van der Waals surface area contributed by atoms with Gasteiger partial charge in [0.15, 0.2) is 0 Å². The van der Waals surface area contributed by atoms with E-state index < -0.39 is 29.8 Å². The number of primary amides is 1. The van der Waals surface area contributed by atoms with Gasteiger partial charge in [0.2, 0.25) is 23.6 Å². The lowest BCUT2D eigenvalue weighted by atomic mass is 9.96. The molecule has 1 saturated heterocycles. The molecule has 0 bridgehead atoms. The third kappa shape index (κ3) is 9.50. The Morgan fingerprint density at radius 2 is 1.74 bits per heavy atom. The summed E-state index contributed by atoms with van der Waals surface area (Å²) in [5.74, 6) is -2.78. The van der Waals surface area contributed by atoms with Crippen LogP contribution in [0.1, 0.15) is 64.4 Å². The zero-order chi connectivity index (χ0) is 25.8. The van der Waals surface area contributed by atoms with Gasteiger partial charge in [-0.25, -0.2) is 0 Å². The van der Waals surface area contributed by atoms with Crippen molar-refractivity contribution >= 4 is 29.3 Å². The molecule has 0 aromatic heterocycles. The Morgan fingerprint density at radius 1 is 1.06 bits per heavy atom. The van der Waals surface area contributed by atoms with Crippen molar-refractivity contribution in [3.63, 3.8) is 0 Å². The Labute approximate surface area is 207 Å². The van der Waals surface area contributed by atoms with E-state index in [4.69, 9.17) is 11.1 Å². The first-order valence-electron chi connectivity index (χ1n) is 12.5. The molecule has 5 N–H and O–H groups in total. The lowest BCUT2D eigenvalue weighted by Gasteiger charge is -2.34. The van der Waals surface area contributed by atoms with E-state index in [9.17, 15) is 19.2 Å². The summed E-state index contributed by atoms with van der Waals surface area (Å²) in [7, 11) is 0. The highest BCUT2D eigenvalue weighted by molar-refractivity contribution is 6.02. The van der Waals surface area contributed by atoms with Crippen LogP contribution >= 0.6 is 0 Å². The number of unbranched alkanes of at least 4 members (excludes halogenated alkanes) is 2. The van der Waals surface area contributed by atoms with Gasteiger partial charge in [-0.05, 0) is 44.6 Å². The summed E-state index contributed by atoms with van der Waals surface area (Å²) in [6, 6.07) is 8.21. The Hall–Kier alpha value is -3.23. The molecule has 9 nitrogen and oxygen atoms in total. The molecule has 1 aliphatic rings. The molecule has 4 amide bonds. The summed E-state index contributed by atoms with van der Waals surface area (Å²) in [5, 5.41) is 13.3. The van der Waals surface area contributed by atoms with Crippen LogP contribution in [-0.4, -0.2) is 59.4 Å². The molecule has 0 saturated carbocycles. The van der Waals surface area contributed by atoms with Gasteiger partial charge in [0.1, 0.15) is 12.0 Å². The minimum Gasteiger partial charge on any atom is -0.368 e. The van der Waals surface area contributed by atoms with E-state index in [0.29, 0.717) is 50.7 Å². The Kier molecular flexibility index (Phi) is 11.4. The molecule has 1 heterocycles. The highest BCUT2D eigenvalue weighted by Crippen LogP contribution is 2.16. The Morgan fingerprint density at radius 3 is 2.37 bits per heavy atom. The predicted octanol–water partition coefficient (Wildman–Crippen LogP) is 1.93. The number of nitrogens with two attached hydrogens (primary N) is 1. The van der Waals surface area contributed by atoms with E-state index in [-0.39, 0.29) is 24.9 Å². The fourth-order valence-electron chi connectivity index (χ4n) is 4.33. The quantitative estimate of drug-likeness (QED) is 0.204. The smallest absolute Gasteiger partial charge is 0.245 e. The van der Waals surface area contributed by atoms with Gasteiger partial charge in [0.25, 0.3) is 0 Å². The molecule has 0 radical (unpaired) electrons. The summed E-state index contributed by atoms with van der Waals surface area (Å²) in [6.07, 6.45) is 4.69. The number of carbonyl (C=O) groups excluding carboxylic acids is 4. The maximum Gasteiger partial charge on any atom is 0.245 e. The lowest BCUT2D eigenvalue weighted by Crippen LogP contribution is -2.59. The summed E-state index contributed by atoms with van der Waals surface area (Å²) in [5.41, 5.74) is 6.97. The number of benzene rings is 1. The van der Waals surface area contributed by atoms with Crippen LogP contribution in [0.15, 0.2) is 30.3 Å². The van der Waals surface area contributed by atoms with Gasteiger partial charge in [-0.2, -0.15) is 0 Å². The molecular formula is C26H39N5O4. The lowest BCUT2D eigenvalue weighted by molar-refractivity contribution is -0.144. The second kappa shape index (κ2) is 14.2. The molecule has 0 aliphatic carbocycles. The van der Waals surface area contributed by atoms with Crippen molar-refractivity contribution in [3.05, 3.63) is 35.9 Å². The van der Waals surface area contributed by atoms with Gasteiger partial charge in [-0.3, -0.25) is 19.2 Å². The maximum atomic E-state index is 13.5. The van der Waals surface area contributed by atoms with Crippen LogP contribution in [-0.2, 0) is 25.6 Å². The molecule has 2 rings (SSSR count). The summed E-state index contributed by atoms with van der Waals surface area (Å²) in [4.78, 5) is 53.0. The first-order valence-corrected chi connectivity index (χ1v) is 12.5. The number of hydrogen-bond acceptors (Lipinski definition) is 5. The molecule has 192 valence electrons. The highest BCUT2D eigenvalue weighted by Gasteiger charge is 2.35. The van der Waals surface area contributed by atoms with E-state index in [1.54, 1.807) is 6.92 Å². The average Bonchev–Trinajstić information content (AvgIpc) is 2.80. The third-order valence-corrected chi connectivity index (χ3v) is 6.16. The summed E-state index contributed by atoms with van der Waals surface area (Å²) >= 11 is 0. The molecule has 3 unspecified atom stereocenters. The molecule has 3 atom stereocenters. The first-order chi connectivity index (χ1) is 16.7. The molecule has 0 spiro atoms. The zero-order valence-electron chi connectivity index (χ0n) is 20.8. The van der Waals surface area contributed by atoms with E-state index in [1.807, 2.05) is 37.3 Å². The first kappa shape index (κ1) is 28.0. The highest BCUT2D eigenvalue weighted by atomic mass is 16.2. The molecule has 1 fully saturated rings. The second-order valence-electron chi connectivity index (χ2n) is 9.36. The van der Waals surface area contributed by atoms with Gasteiger partial charge in [0.05, 0.1) is 12.6 Å². The molecule has 1 aromatic carbocycles. The van der Waals surface area contributed by atoms with Gasteiger partial charge >= 0.3 is 0 Å². The number of amides is 4. The van der Waals surface area contributed by atoms with Crippen LogP contribution in [0.3, 0.4) is 0 Å². The predicted molar refractivity (Wildman–Crippen MR) is 135 cm³/mol. The Balaban J connectivity index is 2.35. The fourth-order valence-corrected chi connectivity index (χ4v) is 4.33. The molecular weight excluding hydrogens is 446 g/mol. The van der Waals surface area contributed by atoms with Crippen LogP contribution in [0.25, 0.3) is 0 Å². The van der Waals surface area contributed by atoms with Crippen molar-refractivity contribution in [1.82, 2.24) is 15.5 Å². The average molecular weight is 486 g/mol. The van der Waals surface area contributed by atoms with Gasteiger partial charge in [-0.15, -0.1) is 0 Å². The van der Waals surface area contributed by atoms with Crippen molar-refractivity contribution in [3.8, 4) is 0 Å². The zero-order valence-corrected chi connectivity index (χ0v) is 20.8. The van der Waals surface area contributed by atoms with E-state index in [0.717, 1.165) is 12.0 Å². The van der Waals surface area contributed by atoms with E-state index in [2.05, 4.69) is 10.6 Å². The van der Waals surface area contributed by atoms with Crippen molar-refractivity contribution in [1.29, 1.82) is 5.41 Å². The van der Waals surface area contributed by atoms with E-state index in [1.165, 1.54) is 4.90 Å². The normalized spacial score (nSPS) is 21.3. The van der Waals surface area contributed by atoms with Crippen LogP contribution in [0.4, 0.5) is 0 Å². The number of nitrogens with one attached hydrogen (secondary N) is 3. The summed E-state index contributed by atoms with van der Waals surface area (Å²) in [6.45, 7) is 3.53. The molecule has 1 aromatic rings. The molecule has 9 heteroatoms. The number of carbonyl (C=O) groups is 4.